The highest BCUT2D eigenvalue weighted by molar-refractivity contribution is 9.10. The van der Waals surface area contributed by atoms with E-state index in [0.29, 0.717) is 0 Å². The molecule has 0 aliphatic heterocycles. The van der Waals surface area contributed by atoms with Gasteiger partial charge in [-0.2, -0.15) is 0 Å². The molecule has 0 saturated heterocycles. The van der Waals surface area contributed by atoms with Gasteiger partial charge in [-0.05, 0) is 53.4 Å². The van der Waals surface area contributed by atoms with Gasteiger partial charge in [0.15, 0.2) is 0 Å². The monoisotopic (exact) mass is 295 g/mol. The SMILES string of the molecule is Cc1ccc(Br)c(NC(=O)C2(C)CCCC2)c1. The average molecular weight is 296 g/mol. The van der Waals surface area contributed by atoms with Gasteiger partial charge in [0, 0.05) is 9.89 Å². The molecule has 3 heteroatoms. The molecule has 0 spiro atoms. The number of anilines is 1. The lowest BCUT2D eigenvalue weighted by Gasteiger charge is -2.22. The van der Waals surface area contributed by atoms with Gasteiger partial charge in [-0.3, -0.25) is 4.79 Å². The van der Waals surface area contributed by atoms with Crippen molar-refractivity contribution in [2.24, 2.45) is 5.41 Å². The number of halogens is 1. The molecule has 1 aliphatic rings. The first kappa shape index (κ1) is 12.6. The van der Waals surface area contributed by atoms with Crippen molar-refractivity contribution in [1.29, 1.82) is 0 Å². The molecular weight excluding hydrogens is 278 g/mol. The lowest BCUT2D eigenvalue weighted by molar-refractivity contribution is -0.124. The summed E-state index contributed by atoms with van der Waals surface area (Å²) in [4.78, 5) is 12.3. The maximum Gasteiger partial charge on any atom is 0.230 e. The Balaban J connectivity index is 2.15. The number of amides is 1. The fraction of sp³-hybridized carbons (Fsp3) is 0.500. The number of carbonyl (C=O) groups is 1. The summed E-state index contributed by atoms with van der Waals surface area (Å²) < 4.78 is 0.943. The Hall–Kier alpha value is -0.830. The molecule has 0 heterocycles. The molecule has 2 rings (SSSR count). The molecule has 0 radical (unpaired) electrons. The van der Waals surface area contributed by atoms with Crippen LogP contribution >= 0.6 is 15.9 Å². The Morgan fingerprint density at radius 2 is 2.00 bits per heavy atom. The Morgan fingerprint density at radius 1 is 1.35 bits per heavy atom. The summed E-state index contributed by atoms with van der Waals surface area (Å²) in [5, 5.41) is 3.05. The Kier molecular flexibility index (Phi) is 3.57. The van der Waals surface area contributed by atoms with Crippen LogP contribution in [0.2, 0.25) is 0 Å². The Morgan fingerprint density at radius 3 is 2.65 bits per heavy atom. The van der Waals surface area contributed by atoms with E-state index in [0.717, 1.165) is 28.6 Å². The maximum absolute atomic E-state index is 12.3. The van der Waals surface area contributed by atoms with Gasteiger partial charge in [0.25, 0.3) is 0 Å². The first-order chi connectivity index (χ1) is 8.01. The summed E-state index contributed by atoms with van der Waals surface area (Å²) in [5.74, 6) is 0.154. The number of rotatable bonds is 2. The van der Waals surface area contributed by atoms with Crippen LogP contribution in [-0.2, 0) is 4.79 Å². The van der Waals surface area contributed by atoms with E-state index >= 15 is 0 Å². The molecule has 0 atom stereocenters. The number of aryl methyl sites for hydroxylation is 1. The van der Waals surface area contributed by atoms with Crippen LogP contribution in [0, 0.1) is 12.3 Å². The summed E-state index contributed by atoms with van der Waals surface area (Å²) in [6.07, 6.45) is 4.34. The molecule has 1 aromatic rings. The van der Waals surface area contributed by atoms with Crippen molar-refractivity contribution in [3.63, 3.8) is 0 Å². The molecule has 2 nitrogen and oxygen atoms in total. The summed E-state index contributed by atoms with van der Waals surface area (Å²) in [7, 11) is 0. The molecule has 1 fully saturated rings. The lowest BCUT2D eigenvalue weighted by atomic mass is 9.88. The minimum atomic E-state index is -0.177. The summed E-state index contributed by atoms with van der Waals surface area (Å²) >= 11 is 3.47. The van der Waals surface area contributed by atoms with E-state index in [1.807, 2.05) is 25.1 Å². The van der Waals surface area contributed by atoms with Gasteiger partial charge >= 0.3 is 0 Å². The van der Waals surface area contributed by atoms with E-state index < -0.39 is 0 Å². The number of carbonyl (C=O) groups excluding carboxylic acids is 1. The second-order valence-electron chi connectivity index (χ2n) is 5.21. The molecule has 1 N–H and O–H groups in total. The molecule has 1 saturated carbocycles. The standard InChI is InChI=1S/C14H18BrNO/c1-10-5-6-11(15)12(9-10)16-13(17)14(2)7-3-4-8-14/h5-6,9H,3-4,7-8H2,1-2H3,(H,16,17). The van der Waals surface area contributed by atoms with Gasteiger partial charge in [-0.15, -0.1) is 0 Å². The second kappa shape index (κ2) is 4.81. The minimum absolute atomic E-state index is 0.154. The van der Waals surface area contributed by atoms with Crippen molar-refractivity contribution >= 4 is 27.5 Å². The van der Waals surface area contributed by atoms with E-state index in [4.69, 9.17) is 0 Å². The Bertz CT molecular complexity index is 436. The highest BCUT2D eigenvalue weighted by atomic mass is 79.9. The van der Waals surface area contributed by atoms with Gasteiger partial charge in [0.05, 0.1) is 5.69 Å². The van der Waals surface area contributed by atoms with E-state index in [1.54, 1.807) is 0 Å². The maximum atomic E-state index is 12.3. The van der Waals surface area contributed by atoms with Crippen LogP contribution in [0.4, 0.5) is 5.69 Å². The van der Waals surface area contributed by atoms with Crippen LogP contribution in [0.25, 0.3) is 0 Å². The van der Waals surface area contributed by atoms with E-state index in [2.05, 4.69) is 28.2 Å². The first-order valence-corrected chi connectivity index (χ1v) is 6.88. The molecule has 1 aliphatic carbocycles. The highest BCUT2D eigenvalue weighted by Gasteiger charge is 2.36. The summed E-state index contributed by atoms with van der Waals surface area (Å²) in [6, 6.07) is 6.00. The van der Waals surface area contributed by atoms with Crippen molar-refractivity contribution in [1.82, 2.24) is 0 Å². The van der Waals surface area contributed by atoms with E-state index in [1.165, 1.54) is 12.8 Å². The highest BCUT2D eigenvalue weighted by Crippen LogP contribution is 2.39. The molecule has 1 aromatic carbocycles. The van der Waals surface area contributed by atoms with Crippen molar-refractivity contribution in [2.75, 3.05) is 5.32 Å². The number of nitrogens with one attached hydrogen (secondary N) is 1. The molecule has 1 amide bonds. The topological polar surface area (TPSA) is 29.1 Å². The zero-order chi connectivity index (χ0) is 12.5. The fourth-order valence-corrected chi connectivity index (χ4v) is 2.74. The van der Waals surface area contributed by atoms with Gasteiger partial charge in [0.2, 0.25) is 5.91 Å². The summed E-state index contributed by atoms with van der Waals surface area (Å²) in [6.45, 7) is 4.10. The smallest absolute Gasteiger partial charge is 0.230 e. The average Bonchev–Trinajstić information content (AvgIpc) is 2.72. The zero-order valence-electron chi connectivity index (χ0n) is 10.3. The minimum Gasteiger partial charge on any atom is -0.325 e. The van der Waals surface area contributed by atoms with Gasteiger partial charge in [-0.1, -0.05) is 25.8 Å². The van der Waals surface area contributed by atoms with Crippen LogP contribution in [0.3, 0.4) is 0 Å². The van der Waals surface area contributed by atoms with Crippen LogP contribution in [0.15, 0.2) is 22.7 Å². The Labute approximate surface area is 111 Å². The van der Waals surface area contributed by atoms with Crippen molar-refractivity contribution in [3.8, 4) is 0 Å². The number of benzene rings is 1. The normalized spacial score (nSPS) is 18.1. The summed E-state index contributed by atoms with van der Waals surface area (Å²) in [5.41, 5.74) is 1.85. The second-order valence-corrected chi connectivity index (χ2v) is 6.06. The number of hydrogen-bond acceptors (Lipinski definition) is 1. The molecular formula is C14H18BrNO. The van der Waals surface area contributed by atoms with Gasteiger partial charge < -0.3 is 5.32 Å². The van der Waals surface area contributed by atoms with E-state index in [-0.39, 0.29) is 11.3 Å². The van der Waals surface area contributed by atoms with Crippen LogP contribution in [0.5, 0.6) is 0 Å². The van der Waals surface area contributed by atoms with Crippen LogP contribution in [0.1, 0.15) is 38.2 Å². The van der Waals surface area contributed by atoms with Crippen molar-refractivity contribution in [2.45, 2.75) is 39.5 Å². The van der Waals surface area contributed by atoms with Gasteiger partial charge in [-0.25, -0.2) is 0 Å². The van der Waals surface area contributed by atoms with Crippen LogP contribution < -0.4 is 5.32 Å². The predicted molar refractivity (Wildman–Crippen MR) is 74.1 cm³/mol. The molecule has 17 heavy (non-hydrogen) atoms. The van der Waals surface area contributed by atoms with Crippen LogP contribution in [-0.4, -0.2) is 5.91 Å². The quantitative estimate of drug-likeness (QED) is 0.867. The lowest BCUT2D eigenvalue weighted by Crippen LogP contribution is -2.30. The predicted octanol–water partition coefficient (Wildman–Crippen LogP) is 4.28. The third-order valence-corrected chi connectivity index (χ3v) is 4.32. The largest absolute Gasteiger partial charge is 0.325 e. The zero-order valence-corrected chi connectivity index (χ0v) is 11.9. The van der Waals surface area contributed by atoms with Crippen molar-refractivity contribution < 1.29 is 4.79 Å². The molecule has 0 unspecified atom stereocenters. The fourth-order valence-electron chi connectivity index (χ4n) is 2.39. The van der Waals surface area contributed by atoms with Gasteiger partial charge in [0.1, 0.15) is 0 Å². The number of hydrogen-bond donors (Lipinski definition) is 1. The van der Waals surface area contributed by atoms with Crippen molar-refractivity contribution in [3.05, 3.63) is 28.2 Å². The first-order valence-electron chi connectivity index (χ1n) is 6.09. The molecule has 0 bridgehead atoms. The molecule has 0 aromatic heterocycles. The third kappa shape index (κ3) is 2.71. The van der Waals surface area contributed by atoms with E-state index in [9.17, 15) is 4.79 Å². The molecule has 92 valence electrons. The third-order valence-electron chi connectivity index (χ3n) is 3.63.